The highest BCUT2D eigenvalue weighted by atomic mass is 16.2. The standard InChI is InChI=1S/C16H15N3O2/c1-12-5-6-15(18-10-12)19-16(21)14-7-8-17-11-13(14)4-2-3-9-20/h5-8,10-11,20H,3,9H2,1H3,(H,18,19,21). The molecule has 0 aliphatic heterocycles. The number of nitrogens with one attached hydrogen (secondary N) is 1. The molecule has 106 valence electrons. The summed E-state index contributed by atoms with van der Waals surface area (Å²) in [5.74, 6) is 5.81. The summed E-state index contributed by atoms with van der Waals surface area (Å²) in [6.07, 6.45) is 5.11. The Morgan fingerprint density at radius 2 is 2.19 bits per heavy atom. The van der Waals surface area contributed by atoms with Gasteiger partial charge in [-0.1, -0.05) is 17.9 Å². The first-order chi connectivity index (χ1) is 10.2. The molecule has 0 aliphatic rings. The minimum Gasteiger partial charge on any atom is -0.395 e. The summed E-state index contributed by atoms with van der Waals surface area (Å²) < 4.78 is 0. The highest BCUT2D eigenvalue weighted by Crippen LogP contribution is 2.10. The van der Waals surface area contributed by atoms with Crippen molar-refractivity contribution in [2.45, 2.75) is 13.3 Å². The van der Waals surface area contributed by atoms with Gasteiger partial charge in [0.2, 0.25) is 0 Å². The molecule has 0 saturated carbocycles. The lowest BCUT2D eigenvalue weighted by Crippen LogP contribution is -2.14. The zero-order chi connectivity index (χ0) is 15.1. The highest BCUT2D eigenvalue weighted by molar-refractivity contribution is 6.05. The fourth-order valence-corrected chi connectivity index (χ4v) is 1.63. The minimum atomic E-state index is -0.290. The van der Waals surface area contributed by atoms with Gasteiger partial charge in [-0.05, 0) is 24.6 Å². The number of rotatable bonds is 3. The summed E-state index contributed by atoms with van der Waals surface area (Å²) in [7, 11) is 0. The molecule has 0 aromatic carbocycles. The maximum Gasteiger partial charge on any atom is 0.258 e. The molecule has 0 saturated heterocycles. The van der Waals surface area contributed by atoms with Crippen LogP contribution < -0.4 is 5.32 Å². The van der Waals surface area contributed by atoms with E-state index in [1.54, 1.807) is 18.3 Å². The van der Waals surface area contributed by atoms with E-state index in [1.165, 1.54) is 12.4 Å². The van der Waals surface area contributed by atoms with Crippen LogP contribution in [0.25, 0.3) is 0 Å². The molecular weight excluding hydrogens is 266 g/mol. The molecule has 21 heavy (non-hydrogen) atoms. The van der Waals surface area contributed by atoms with Crippen LogP contribution in [0.3, 0.4) is 0 Å². The Morgan fingerprint density at radius 1 is 1.33 bits per heavy atom. The summed E-state index contributed by atoms with van der Waals surface area (Å²) in [5.41, 5.74) is 1.97. The maximum absolute atomic E-state index is 12.3. The Balaban J connectivity index is 2.19. The molecule has 2 aromatic heterocycles. The molecule has 0 unspecified atom stereocenters. The van der Waals surface area contributed by atoms with Crippen LogP contribution in [0.5, 0.6) is 0 Å². The van der Waals surface area contributed by atoms with E-state index in [2.05, 4.69) is 27.1 Å². The molecule has 0 spiro atoms. The summed E-state index contributed by atoms with van der Waals surface area (Å²) in [5, 5.41) is 11.5. The Morgan fingerprint density at radius 3 is 2.90 bits per heavy atom. The lowest BCUT2D eigenvalue weighted by Gasteiger charge is -2.06. The molecule has 1 amide bonds. The van der Waals surface area contributed by atoms with Crippen molar-refractivity contribution in [1.82, 2.24) is 9.97 Å². The lowest BCUT2D eigenvalue weighted by molar-refractivity contribution is 0.102. The molecule has 2 heterocycles. The van der Waals surface area contributed by atoms with Crippen LogP contribution in [0, 0.1) is 18.8 Å². The third-order valence-corrected chi connectivity index (χ3v) is 2.68. The van der Waals surface area contributed by atoms with E-state index < -0.39 is 0 Å². The number of anilines is 1. The van der Waals surface area contributed by atoms with Crippen molar-refractivity contribution < 1.29 is 9.90 Å². The average molecular weight is 281 g/mol. The van der Waals surface area contributed by atoms with Crippen molar-refractivity contribution in [3.8, 4) is 11.8 Å². The second-order valence-corrected chi connectivity index (χ2v) is 4.37. The third-order valence-electron chi connectivity index (χ3n) is 2.68. The number of amides is 1. The van der Waals surface area contributed by atoms with Crippen LogP contribution in [0.15, 0.2) is 36.8 Å². The molecule has 2 aromatic rings. The van der Waals surface area contributed by atoms with E-state index in [0.29, 0.717) is 23.4 Å². The molecule has 0 atom stereocenters. The van der Waals surface area contributed by atoms with Gasteiger partial charge in [0.1, 0.15) is 5.82 Å². The quantitative estimate of drug-likeness (QED) is 0.841. The zero-order valence-electron chi connectivity index (χ0n) is 11.6. The van der Waals surface area contributed by atoms with Gasteiger partial charge in [-0.3, -0.25) is 9.78 Å². The first-order valence-corrected chi connectivity index (χ1v) is 6.48. The molecule has 5 heteroatoms. The van der Waals surface area contributed by atoms with Gasteiger partial charge in [-0.25, -0.2) is 4.98 Å². The maximum atomic E-state index is 12.3. The van der Waals surface area contributed by atoms with Crippen molar-refractivity contribution in [1.29, 1.82) is 0 Å². The summed E-state index contributed by atoms with van der Waals surface area (Å²) in [4.78, 5) is 20.4. The number of aliphatic hydroxyl groups is 1. The van der Waals surface area contributed by atoms with E-state index in [4.69, 9.17) is 5.11 Å². The molecule has 0 radical (unpaired) electrons. The number of pyridine rings is 2. The average Bonchev–Trinajstić information content (AvgIpc) is 2.50. The van der Waals surface area contributed by atoms with Gasteiger partial charge in [0.05, 0.1) is 17.7 Å². The number of hydrogen-bond donors (Lipinski definition) is 2. The summed E-state index contributed by atoms with van der Waals surface area (Å²) >= 11 is 0. The molecule has 5 nitrogen and oxygen atoms in total. The predicted octanol–water partition coefficient (Wildman–Crippen LogP) is 1.77. The van der Waals surface area contributed by atoms with Gasteiger partial charge in [0.25, 0.3) is 5.91 Å². The largest absolute Gasteiger partial charge is 0.395 e. The van der Waals surface area contributed by atoms with Crippen molar-refractivity contribution in [3.05, 3.63) is 53.5 Å². The fourth-order valence-electron chi connectivity index (χ4n) is 1.63. The lowest BCUT2D eigenvalue weighted by atomic mass is 10.1. The smallest absolute Gasteiger partial charge is 0.258 e. The van der Waals surface area contributed by atoms with Crippen LogP contribution in [-0.2, 0) is 0 Å². The van der Waals surface area contributed by atoms with Crippen LogP contribution in [-0.4, -0.2) is 27.6 Å². The molecule has 0 fully saturated rings. The Bertz CT molecular complexity index is 685. The van der Waals surface area contributed by atoms with Gasteiger partial charge in [-0.15, -0.1) is 0 Å². The molecule has 0 bridgehead atoms. The Hall–Kier alpha value is -2.71. The second kappa shape index (κ2) is 7.17. The Labute approximate surface area is 123 Å². The van der Waals surface area contributed by atoms with E-state index in [-0.39, 0.29) is 12.5 Å². The number of hydrogen-bond acceptors (Lipinski definition) is 4. The number of carbonyl (C=O) groups is 1. The fraction of sp³-hybridized carbons (Fsp3) is 0.188. The van der Waals surface area contributed by atoms with Gasteiger partial charge in [0.15, 0.2) is 0 Å². The number of aromatic nitrogens is 2. The van der Waals surface area contributed by atoms with Crippen LogP contribution in [0.1, 0.15) is 27.9 Å². The first kappa shape index (κ1) is 14.7. The SMILES string of the molecule is Cc1ccc(NC(=O)c2ccncc2C#CCCO)nc1. The zero-order valence-corrected chi connectivity index (χ0v) is 11.6. The van der Waals surface area contributed by atoms with E-state index in [0.717, 1.165) is 5.56 Å². The normalized spacial score (nSPS) is 9.62. The number of nitrogens with zero attached hydrogens (tertiary/aromatic N) is 2. The monoisotopic (exact) mass is 281 g/mol. The highest BCUT2D eigenvalue weighted by Gasteiger charge is 2.10. The predicted molar refractivity (Wildman–Crippen MR) is 79.7 cm³/mol. The molecule has 2 N–H and O–H groups in total. The van der Waals surface area contributed by atoms with E-state index >= 15 is 0 Å². The Kier molecular flexibility index (Phi) is 5.02. The summed E-state index contributed by atoms with van der Waals surface area (Å²) in [6, 6.07) is 5.22. The summed E-state index contributed by atoms with van der Waals surface area (Å²) in [6.45, 7) is 1.92. The number of carbonyl (C=O) groups excluding carboxylic acids is 1. The second-order valence-electron chi connectivity index (χ2n) is 4.37. The van der Waals surface area contributed by atoms with Gasteiger partial charge < -0.3 is 10.4 Å². The van der Waals surface area contributed by atoms with Crippen molar-refractivity contribution >= 4 is 11.7 Å². The number of aryl methyl sites for hydroxylation is 1. The van der Waals surface area contributed by atoms with Gasteiger partial charge in [-0.2, -0.15) is 0 Å². The first-order valence-electron chi connectivity index (χ1n) is 6.48. The third kappa shape index (κ3) is 4.13. The van der Waals surface area contributed by atoms with Crippen molar-refractivity contribution in [3.63, 3.8) is 0 Å². The molecular formula is C16H15N3O2. The van der Waals surface area contributed by atoms with Crippen LogP contribution in [0.2, 0.25) is 0 Å². The van der Waals surface area contributed by atoms with Crippen molar-refractivity contribution in [2.75, 3.05) is 11.9 Å². The number of aliphatic hydroxyl groups excluding tert-OH is 1. The van der Waals surface area contributed by atoms with E-state index in [9.17, 15) is 4.79 Å². The molecule has 2 rings (SSSR count). The van der Waals surface area contributed by atoms with Gasteiger partial charge in [0, 0.05) is 25.0 Å². The van der Waals surface area contributed by atoms with Crippen LogP contribution in [0.4, 0.5) is 5.82 Å². The van der Waals surface area contributed by atoms with E-state index in [1.807, 2.05) is 13.0 Å². The van der Waals surface area contributed by atoms with Crippen LogP contribution >= 0.6 is 0 Å². The van der Waals surface area contributed by atoms with Crippen molar-refractivity contribution in [2.24, 2.45) is 0 Å². The minimum absolute atomic E-state index is 0.0118. The topological polar surface area (TPSA) is 75.1 Å². The molecule has 0 aliphatic carbocycles. The van der Waals surface area contributed by atoms with Gasteiger partial charge >= 0.3 is 0 Å².